The van der Waals surface area contributed by atoms with Gasteiger partial charge in [-0.15, -0.1) is 0 Å². The molecule has 224 valence electrons. The van der Waals surface area contributed by atoms with E-state index in [4.69, 9.17) is 25.8 Å². The van der Waals surface area contributed by atoms with E-state index in [0.717, 1.165) is 30.4 Å². The lowest BCUT2D eigenvalue weighted by atomic mass is 9.95. The molecule has 1 unspecified atom stereocenters. The van der Waals surface area contributed by atoms with Gasteiger partial charge in [0.2, 0.25) is 0 Å². The van der Waals surface area contributed by atoms with E-state index in [1.54, 1.807) is 60.7 Å². The maximum absolute atomic E-state index is 13.7. The van der Waals surface area contributed by atoms with Gasteiger partial charge in [0.25, 0.3) is 5.78 Å². The van der Waals surface area contributed by atoms with Gasteiger partial charge >= 0.3 is 5.91 Å². The molecule has 0 spiro atoms. The minimum atomic E-state index is -0.987. The first-order chi connectivity index (χ1) is 20.9. The molecule has 2 heterocycles. The summed E-state index contributed by atoms with van der Waals surface area (Å²) < 4.78 is 18.1. The molecule has 1 amide bonds. The van der Waals surface area contributed by atoms with Gasteiger partial charge in [0.1, 0.15) is 11.5 Å². The SMILES string of the molecule is CCCCOc1cccc(/C(O)=C2\C(=O)C(=O)N(c3nc4ccc(Cl)cc4s3)C2c2ccc(OCCCC)c(OC)c2)c1. The van der Waals surface area contributed by atoms with E-state index in [-0.39, 0.29) is 11.3 Å². The van der Waals surface area contributed by atoms with E-state index in [2.05, 4.69) is 18.8 Å². The van der Waals surface area contributed by atoms with Crippen molar-refractivity contribution in [2.24, 2.45) is 0 Å². The van der Waals surface area contributed by atoms with Gasteiger partial charge in [-0.1, -0.05) is 67.8 Å². The third-order valence-corrected chi connectivity index (χ3v) is 8.38. The van der Waals surface area contributed by atoms with Crippen LogP contribution in [0.4, 0.5) is 5.13 Å². The number of aliphatic hydroxyl groups excluding tert-OH is 1. The van der Waals surface area contributed by atoms with Gasteiger partial charge in [0.15, 0.2) is 16.6 Å². The van der Waals surface area contributed by atoms with Gasteiger partial charge in [-0.2, -0.15) is 0 Å². The van der Waals surface area contributed by atoms with Crippen molar-refractivity contribution in [1.29, 1.82) is 0 Å². The highest BCUT2D eigenvalue weighted by Gasteiger charge is 2.48. The van der Waals surface area contributed by atoms with Gasteiger partial charge in [-0.3, -0.25) is 14.5 Å². The second-order valence-corrected chi connectivity index (χ2v) is 11.6. The highest BCUT2D eigenvalue weighted by Crippen LogP contribution is 2.46. The molecule has 0 aliphatic carbocycles. The normalized spacial score (nSPS) is 16.2. The van der Waals surface area contributed by atoms with Crippen molar-refractivity contribution in [3.63, 3.8) is 0 Å². The Kier molecular flexibility index (Phi) is 9.52. The topological polar surface area (TPSA) is 98.2 Å². The summed E-state index contributed by atoms with van der Waals surface area (Å²) in [5.74, 6) is -0.377. The van der Waals surface area contributed by atoms with Crippen molar-refractivity contribution in [3.05, 3.63) is 82.4 Å². The zero-order valence-electron chi connectivity index (χ0n) is 24.3. The molecule has 3 aromatic carbocycles. The Morgan fingerprint density at radius 3 is 2.49 bits per heavy atom. The quantitative estimate of drug-likeness (QED) is 0.0743. The number of hydrogen-bond acceptors (Lipinski definition) is 8. The minimum Gasteiger partial charge on any atom is -0.507 e. The van der Waals surface area contributed by atoms with E-state index in [0.29, 0.717) is 57.3 Å². The highest BCUT2D eigenvalue weighted by molar-refractivity contribution is 7.22. The van der Waals surface area contributed by atoms with Crippen molar-refractivity contribution in [1.82, 2.24) is 4.98 Å². The van der Waals surface area contributed by atoms with Gasteiger partial charge in [0, 0.05) is 10.6 Å². The third kappa shape index (κ3) is 6.33. The lowest BCUT2D eigenvalue weighted by Gasteiger charge is -2.24. The molecule has 1 aliphatic heterocycles. The van der Waals surface area contributed by atoms with E-state index in [1.807, 2.05) is 0 Å². The average Bonchev–Trinajstić information content (AvgIpc) is 3.54. The fourth-order valence-corrected chi connectivity index (χ4v) is 6.13. The molecular weight excluding hydrogens is 588 g/mol. The van der Waals surface area contributed by atoms with Crippen molar-refractivity contribution in [3.8, 4) is 17.2 Å². The Bertz CT molecular complexity index is 1680. The number of aliphatic hydroxyl groups is 1. The number of rotatable bonds is 12. The largest absolute Gasteiger partial charge is 0.507 e. The second-order valence-electron chi connectivity index (χ2n) is 10.1. The van der Waals surface area contributed by atoms with E-state index in [1.165, 1.54) is 23.3 Å². The molecule has 1 fully saturated rings. The Balaban J connectivity index is 1.65. The van der Waals surface area contributed by atoms with Crippen molar-refractivity contribution < 1.29 is 28.9 Å². The molecule has 1 atom stereocenters. The molecule has 5 rings (SSSR count). The number of carbonyl (C=O) groups is 2. The lowest BCUT2D eigenvalue weighted by molar-refractivity contribution is -0.132. The molecule has 8 nitrogen and oxygen atoms in total. The molecule has 0 radical (unpaired) electrons. The number of anilines is 1. The Hall–Kier alpha value is -4.08. The number of hydrogen-bond donors (Lipinski definition) is 1. The molecule has 1 aromatic heterocycles. The number of ketones is 1. The number of carbonyl (C=O) groups excluding carboxylic acids is 2. The summed E-state index contributed by atoms with van der Waals surface area (Å²) in [6.45, 7) is 5.20. The number of ether oxygens (including phenoxy) is 3. The number of amides is 1. The van der Waals surface area contributed by atoms with Gasteiger partial charge < -0.3 is 19.3 Å². The van der Waals surface area contributed by atoms with Crippen LogP contribution < -0.4 is 19.1 Å². The van der Waals surface area contributed by atoms with Crippen LogP contribution in [0.2, 0.25) is 5.02 Å². The summed E-state index contributed by atoms with van der Waals surface area (Å²) in [4.78, 5) is 33.4. The fourth-order valence-electron chi connectivity index (χ4n) is 4.86. The molecule has 10 heteroatoms. The van der Waals surface area contributed by atoms with E-state index >= 15 is 0 Å². The molecule has 1 aliphatic rings. The lowest BCUT2D eigenvalue weighted by Crippen LogP contribution is -2.29. The molecule has 1 saturated heterocycles. The maximum atomic E-state index is 13.7. The molecule has 4 aromatic rings. The standard InChI is InChI=1S/C33H33ClN2O6S/c1-4-6-15-41-23-10-8-9-21(17-23)30(37)28-29(20-11-14-25(26(18-20)40-3)42-16-7-5-2)36(32(39)31(28)38)33-35-24-13-12-22(34)19-27(24)43-33/h8-14,17-19,29,37H,4-7,15-16H2,1-3H3/b30-28+. The second kappa shape index (κ2) is 13.5. The number of halogens is 1. The molecule has 0 bridgehead atoms. The fraction of sp³-hybridized carbons (Fsp3) is 0.303. The number of methoxy groups -OCH3 is 1. The number of fused-ring (bicyclic) bond motifs is 1. The highest BCUT2D eigenvalue weighted by atomic mass is 35.5. The van der Waals surface area contributed by atoms with Crippen LogP contribution in [0.15, 0.2) is 66.2 Å². The van der Waals surface area contributed by atoms with Gasteiger partial charge in [0.05, 0.1) is 42.2 Å². The summed E-state index contributed by atoms with van der Waals surface area (Å²) in [5.41, 5.74) is 1.49. The Labute approximate surface area is 259 Å². The first-order valence-electron chi connectivity index (χ1n) is 14.3. The summed E-state index contributed by atoms with van der Waals surface area (Å²) in [6.07, 6.45) is 3.73. The number of thiazole rings is 1. The average molecular weight is 621 g/mol. The molecular formula is C33H33ClN2O6S. The first kappa shape index (κ1) is 30.4. The zero-order chi connectivity index (χ0) is 30.5. The number of aromatic nitrogens is 1. The number of unbranched alkanes of at least 4 members (excludes halogenated alkanes) is 2. The molecule has 1 N–H and O–H groups in total. The van der Waals surface area contributed by atoms with E-state index < -0.39 is 17.7 Å². The van der Waals surface area contributed by atoms with Crippen LogP contribution in [0.5, 0.6) is 17.2 Å². The van der Waals surface area contributed by atoms with Gasteiger partial charge in [-0.05, 0) is 60.9 Å². The predicted octanol–water partition coefficient (Wildman–Crippen LogP) is 7.94. The van der Waals surface area contributed by atoms with Crippen LogP contribution in [0, 0.1) is 0 Å². The smallest absolute Gasteiger partial charge is 0.301 e. The van der Waals surface area contributed by atoms with Crippen molar-refractivity contribution >= 4 is 55.7 Å². The summed E-state index contributed by atoms with van der Waals surface area (Å²) >= 11 is 7.45. The Morgan fingerprint density at radius 2 is 1.74 bits per heavy atom. The van der Waals surface area contributed by atoms with Crippen LogP contribution in [0.25, 0.3) is 16.0 Å². The molecule has 43 heavy (non-hydrogen) atoms. The number of benzene rings is 3. The Morgan fingerprint density at radius 1 is 0.977 bits per heavy atom. The molecule has 0 saturated carbocycles. The number of nitrogens with zero attached hydrogens (tertiary/aromatic N) is 2. The van der Waals surface area contributed by atoms with Crippen LogP contribution in [-0.4, -0.2) is 42.1 Å². The van der Waals surface area contributed by atoms with Crippen LogP contribution in [-0.2, 0) is 9.59 Å². The van der Waals surface area contributed by atoms with Crippen LogP contribution in [0.1, 0.15) is 56.7 Å². The van der Waals surface area contributed by atoms with Crippen molar-refractivity contribution in [2.45, 2.75) is 45.6 Å². The van der Waals surface area contributed by atoms with Crippen LogP contribution >= 0.6 is 22.9 Å². The zero-order valence-corrected chi connectivity index (χ0v) is 25.8. The maximum Gasteiger partial charge on any atom is 0.301 e. The van der Waals surface area contributed by atoms with E-state index in [9.17, 15) is 14.7 Å². The summed E-state index contributed by atoms with van der Waals surface area (Å²) in [7, 11) is 1.53. The minimum absolute atomic E-state index is 0.0605. The van der Waals surface area contributed by atoms with Crippen molar-refractivity contribution in [2.75, 3.05) is 25.2 Å². The van der Waals surface area contributed by atoms with Gasteiger partial charge in [-0.25, -0.2) is 4.98 Å². The summed E-state index contributed by atoms with van der Waals surface area (Å²) in [5, 5.41) is 12.5. The van der Waals surface area contributed by atoms with Crippen LogP contribution in [0.3, 0.4) is 0 Å². The number of Topliss-reactive ketones (excluding diaryl/α,β-unsaturated/α-hetero) is 1. The monoisotopic (exact) mass is 620 g/mol. The predicted molar refractivity (Wildman–Crippen MR) is 170 cm³/mol. The summed E-state index contributed by atoms with van der Waals surface area (Å²) in [6, 6.07) is 16.4. The third-order valence-electron chi connectivity index (χ3n) is 7.12. The first-order valence-corrected chi connectivity index (χ1v) is 15.5.